The molecule has 0 unspecified atom stereocenters. The van der Waals surface area contributed by atoms with Gasteiger partial charge in [-0.1, -0.05) is 62.4 Å². The van der Waals surface area contributed by atoms with Crippen LogP contribution in [-0.2, 0) is 11.3 Å². The summed E-state index contributed by atoms with van der Waals surface area (Å²) < 4.78 is 9.44. The lowest BCUT2D eigenvalue weighted by atomic mass is 9.95. The number of unbranched alkanes of at least 4 members (excludes halogenated alkanes) is 1. The van der Waals surface area contributed by atoms with Gasteiger partial charge in [0.1, 0.15) is 11.9 Å². The van der Waals surface area contributed by atoms with Crippen molar-refractivity contribution in [3.05, 3.63) is 95.5 Å². The number of nitrogens with one attached hydrogen (secondary N) is 1. The lowest BCUT2D eigenvalue weighted by Gasteiger charge is -2.21. The summed E-state index contributed by atoms with van der Waals surface area (Å²) in [5, 5.41) is 8.95. The summed E-state index contributed by atoms with van der Waals surface area (Å²) in [5.74, 6) is 0.160. The van der Waals surface area contributed by atoms with Crippen LogP contribution < -0.4 is 5.32 Å². The van der Waals surface area contributed by atoms with E-state index in [1.165, 1.54) is 5.56 Å². The van der Waals surface area contributed by atoms with Crippen LogP contribution in [0.1, 0.15) is 75.6 Å². The maximum atomic E-state index is 13.8. The molecule has 0 radical (unpaired) electrons. The second-order valence-corrected chi connectivity index (χ2v) is 12.2. The average Bonchev–Trinajstić information content (AvgIpc) is 3.55. The number of hydrogen-bond donors (Lipinski definition) is 1. The zero-order valence-electron chi connectivity index (χ0n) is 25.5. The second-order valence-electron chi connectivity index (χ2n) is 12.2. The highest BCUT2D eigenvalue weighted by Gasteiger charge is 2.28. The summed E-state index contributed by atoms with van der Waals surface area (Å²) in [6.45, 7) is 13.9. The fourth-order valence-corrected chi connectivity index (χ4v) is 5.42. The van der Waals surface area contributed by atoms with Crippen LogP contribution in [0, 0.1) is 6.92 Å². The van der Waals surface area contributed by atoms with E-state index in [4.69, 9.17) is 4.74 Å². The molecule has 0 saturated heterocycles. The number of pyridine rings is 1. The number of benzene rings is 2. The first-order valence-electron chi connectivity index (χ1n) is 14.8. The Bertz CT molecular complexity index is 1720. The van der Waals surface area contributed by atoms with E-state index in [0.717, 1.165) is 70.4 Å². The largest absolute Gasteiger partial charge is 0.443 e. The third kappa shape index (κ3) is 6.47. The van der Waals surface area contributed by atoms with Gasteiger partial charge >= 0.3 is 6.09 Å². The molecular weight excluding hydrogens is 522 g/mol. The van der Waals surface area contributed by atoms with Crippen LogP contribution in [0.5, 0.6) is 0 Å². The highest BCUT2D eigenvalue weighted by Crippen LogP contribution is 2.40. The van der Waals surface area contributed by atoms with Gasteiger partial charge in [-0.05, 0) is 93.5 Å². The average molecular weight is 564 g/mol. The summed E-state index contributed by atoms with van der Waals surface area (Å²) in [5.41, 5.74) is 7.24. The first-order chi connectivity index (χ1) is 20.1. The van der Waals surface area contributed by atoms with Crippen molar-refractivity contribution >= 4 is 28.7 Å². The van der Waals surface area contributed by atoms with Crippen LogP contribution in [0.3, 0.4) is 0 Å². The monoisotopic (exact) mass is 563 g/mol. The number of carbonyl (C=O) groups excluding carboxylic acids is 1. The van der Waals surface area contributed by atoms with Crippen molar-refractivity contribution in [3.8, 4) is 11.3 Å². The lowest BCUT2D eigenvalue weighted by Crippen LogP contribution is -2.27. The Labute approximate surface area is 248 Å². The van der Waals surface area contributed by atoms with Gasteiger partial charge in [0.15, 0.2) is 5.65 Å². The maximum Gasteiger partial charge on any atom is 0.419 e. The number of ether oxygens (including phenoxy) is 1. The van der Waals surface area contributed by atoms with Crippen LogP contribution >= 0.6 is 0 Å². The van der Waals surface area contributed by atoms with Gasteiger partial charge < -0.3 is 10.1 Å². The summed E-state index contributed by atoms with van der Waals surface area (Å²) in [6.07, 6.45) is 9.56. The molecule has 0 fully saturated rings. The predicted octanol–water partition coefficient (Wildman–Crippen LogP) is 8.15. The number of nitrogens with zero attached hydrogens (tertiary/aromatic N) is 4. The zero-order chi connectivity index (χ0) is 29.9. The third-order valence-electron chi connectivity index (χ3n) is 7.22. The van der Waals surface area contributed by atoms with Crippen molar-refractivity contribution < 1.29 is 9.53 Å². The van der Waals surface area contributed by atoms with Crippen molar-refractivity contribution in [1.29, 1.82) is 0 Å². The van der Waals surface area contributed by atoms with Crippen LogP contribution in [-0.4, -0.2) is 37.4 Å². The summed E-state index contributed by atoms with van der Waals surface area (Å²) in [7, 11) is 0. The van der Waals surface area contributed by atoms with Crippen molar-refractivity contribution in [2.45, 2.75) is 72.4 Å². The quantitative estimate of drug-likeness (QED) is 0.183. The summed E-state index contributed by atoms with van der Waals surface area (Å²) >= 11 is 0. The Morgan fingerprint density at radius 3 is 2.62 bits per heavy atom. The number of allylic oxidation sites excluding steroid dienone is 1. The first-order valence-corrected chi connectivity index (χ1v) is 14.8. The molecule has 0 atom stereocenters. The standard InChI is InChI=1S/C35H41N5O2/c1-24(2)31-29-20-26(13-11-8-12-18-36-21-27-14-9-7-10-15-27)16-17-30(29)40(34(41)42-35(4,5)6)32(31)28-19-25(3)33-37-23-38-39(33)22-28/h7,9-11,13-17,19-20,22-24,36H,8,12,18,21H2,1-6H3/b13-11+. The molecule has 0 aliphatic rings. The lowest BCUT2D eigenvalue weighted by molar-refractivity contribution is 0.0547. The molecule has 3 aromatic heterocycles. The Kier molecular flexibility index (Phi) is 8.59. The number of aromatic nitrogens is 4. The number of aryl methyl sites for hydroxylation is 1. The van der Waals surface area contributed by atoms with E-state index in [9.17, 15) is 4.79 Å². The minimum atomic E-state index is -0.632. The minimum Gasteiger partial charge on any atom is -0.443 e. The van der Waals surface area contributed by atoms with E-state index >= 15 is 0 Å². The van der Waals surface area contributed by atoms with Crippen LogP contribution in [0.4, 0.5) is 4.79 Å². The van der Waals surface area contributed by atoms with Gasteiger partial charge in [0.25, 0.3) is 0 Å². The van der Waals surface area contributed by atoms with Gasteiger partial charge in [-0.3, -0.25) is 0 Å². The Morgan fingerprint density at radius 2 is 1.88 bits per heavy atom. The molecule has 0 amide bonds. The first kappa shape index (κ1) is 29.3. The Hall–Kier alpha value is -4.23. The topological polar surface area (TPSA) is 73.5 Å². The van der Waals surface area contributed by atoms with Gasteiger partial charge in [0, 0.05) is 23.7 Å². The van der Waals surface area contributed by atoms with Crippen LogP contribution in [0.2, 0.25) is 0 Å². The minimum absolute atomic E-state index is 0.160. The molecule has 5 aromatic rings. The van der Waals surface area contributed by atoms with E-state index in [2.05, 4.69) is 83.9 Å². The molecule has 7 nitrogen and oxygen atoms in total. The fourth-order valence-electron chi connectivity index (χ4n) is 5.42. The van der Waals surface area contributed by atoms with Crippen LogP contribution in [0.25, 0.3) is 33.9 Å². The molecule has 218 valence electrons. The molecule has 7 heteroatoms. The Morgan fingerprint density at radius 1 is 1.10 bits per heavy atom. The smallest absolute Gasteiger partial charge is 0.419 e. The molecule has 0 aliphatic carbocycles. The van der Waals surface area contributed by atoms with Gasteiger partial charge in [0.2, 0.25) is 0 Å². The molecule has 0 saturated carbocycles. The molecular formula is C35H41N5O2. The molecule has 2 aromatic carbocycles. The fraction of sp³-hybridized carbons (Fsp3) is 0.343. The van der Waals surface area contributed by atoms with E-state index in [1.54, 1.807) is 15.4 Å². The van der Waals surface area contributed by atoms with Gasteiger partial charge in [0.05, 0.1) is 11.2 Å². The summed E-state index contributed by atoms with van der Waals surface area (Å²) in [4.78, 5) is 18.1. The van der Waals surface area contributed by atoms with E-state index < -0.39 is 11.7 Å². The SMILES string of the molecule is Cc1cc(-c2c(C(C)C)c3cc(/C=C/CCCNCc4ccccc4)ccc3n2C(=O)OC(C)(C)C)cn2ncnc12. The molecule has 3 heterocycles. The van der Waals surface area contributed by atoms with Crippen molar-refractivity contribution in [1.82, 2.24) is 24.5 Å². The number of fused-ring (bicyclic) bond motifs is 2. The maximum absolute atomic E-state index is 13.8. The van der Waals surface area contributed by atoms with Crippen molar-refractivity contribution in [2.75, 3.05) is 6.54 Å². The Balaban J connectivity index is 1.47. The molecule has 0 aliphatic heterocycles. The molecule has 42 heavy (non-hydrogen) atoms. The van der Waals surface area contributed by atoms with Gasteiger partial charge in [-0.25, -0.2) is 18.9 Å². The highest BCUT2D eigenvalue weighted by molar-refractivity contribution is 6.00. The van der Waals surface area contributed by atoms with Crippen molar-refractivity contribution in [2.24, 2.45) is 0 Å². The zero-order valence-corrected chi connectivity index (χ0v) is 25.5. The van der Waals surface area contributed by atoms with Crippen molar-refractivity contribution in [3.63, 3.8) is 0 Å². The molecule has 0 bridgehead atoms. The van der Waals surface area contributed by atoms with E-state index in [1.807, 2.05) is 46.0 Å². The van der Waals surface area contributed by atoms with Gasteiger partial charge in [-0.2, -0.15) is 5.10 Å². The van der Waals surface area contributed by atoms with E-state index in [-0.39, 0.29) is 5.92 Å². The number of rotatable bonds is 9. The molecule has 0 spiro atoms. The predicted molar refractivity (Wildman–Crippen MR) is 171 cm³/mol. The molecule has 5 rings (SSSR count). The summed E-state index contributed by atoms with van der Waals surface area (Å²) in [6, 6.07) is 18.9. The van der Waals surface area contributed by atoms with E-state index in [0.29, 0.717) is 0 Å². The second kappa shape index (κ2) is 12.3. The number of carbonyl (C=O) groups is 1. The normalized spacial score (nSPS) is 12.3. The molecule has 1 N–H and O–H groups in total. The third-order valence-corrected chi connectivity index (χ3v) is 7.22. The number of hydrogen-bond acceptors (Lipinski definition) is 5. The van der Waals surface area contributed by atoms with Gasteiger partial charge in [-0.15, -0.1) is 0 Å². The highest BCUT2D eigenvalue weighted by atomic mass is 16.6. The van der Waals surface area contributed by atoms with Crippen LogP contribution in [0.15, 0.2) is 73.2 Å².